The van der Waals surface area contributed by atoms with Gasteiger partial charge in [0.25, 0.3) is 0 Å². The summed E-state index contributed by atoms with van der Waals surface area (Å²) < 4.78 is 33.9. The average Bonchev–Trinajstić information content (AvgIpc) is 2.86. The number of benzene rings is 1. The number of aldehydes is 1. The van der Waals surface area contributed by atoms with Crippen molar-refractivity contribution >= 4 is 6.29 Å². The number of hydrogen-bond acceptors (Lipinski definition) is 4. The maximum Gasteiger partial charge on any atom is 0.191 e. The van der Waals surface area contributed by atoms with Gasteiger partial charge in [0.2, 0.25) is 0 Å². The van der Waals surface area contributed by atoms with E-state index in [-0.39, 0.29) is 18.2 Å². The summed E-state index contributed by atoms with van der Waals surface area (Å²) in [6, 6.07) is 1.89. The van der Waals surface area contributed by atoms with Crippen molar-refractivity contribution in [1.82, 2.24) is 14.8 Å². The van der Waals surface area contributed by atoms with Crippen molar-refractivity contribution in [2.24, 2.45) is 0 Å². The Labute approximate surface area is 114 Å². The second kappa shape index (κ2) is 5.77. The molecule has 0 fully saturated rings. The van der Waals surface area contributed by atoms with Crippen molar-refractivity contribution < 1.29 is 18.3 Å². The van der Waals surface area contributed by atoms with E-state index < -0.39 is 17.4 Å². The van der Waals surface area contributed by atoms with Gasteiger partial charge in [-0.3, -0.25) is 4.79 Å². The van der Waals surface area contributed by atoms with Gasteiger partial charge in [-0.05, 0) is 26.0 Å². The van der Waals surface area contributed by atoms with Crippen molar-refractivity contribution in [3.05, 3.63) is 41.5 Å². The van der Waals surface area contributed by atoms with E-state index in [1.165, 1.54) is 6.33 Å². The van der Waals surface area contributed by atoms with Gasteiger partial charge < -0.3 is 4.74 Å². The molecular weight excluding hydrogens is 268 g/mol. The Morgan fingerprint density at radius 3 is 2.55 bits per heavy atom. The molecular formula is C13H13F2N3O2. The SMILES string of the molecule is CC(C)n1ncnc1COc1c(F)cc(C=O)cc1F. The van der Waals surface area contributed by atoms with Crippen LogP contribution in [0.1, 0.15) is 36.1 Å². The van der Waals surface area contributed by atoms with Crippen LogP contribution in [0.3, 0.4) is 0 Å². The second-order valence-corrected chi connectivity index (χ2v) is 4.43. The number of halogens is 2. The summed E-state index contributed by atoms with van der Waals surface area (Å²) in [7, 11) is 0. The lowest BCUT2D eigenvalue weighted by Crippen LogP contribution is -2.11. The molecule has 0 amide bonds. The standard InChI is InChI=1S/C13H13F2N3O2/c1-8(2)18-12(16-7-17-18)6-20-13-10(14)3-9(5-19)4-11(13)15/h3-5,7-8H,6H2,1-2H3. The summed E-state index contributed by atoms with van der Waals surface area (Å²) in [5.41, 5.74) is -0.0855. The summed E-state index contributed by atoms with van der Waals surface area (Å²) in [6.07, 6.45) is 1.71. The zero-order valence-corrected chi connectivity index (χ0v) is 11.0. The number of carbonyl (C=O) groups excluding carboxylic acids is 1. The Balaban J connectivity index is 2.19. The first-order chi connectivity index (χ1) is 9.52. The Bertz CT molecular complexity index is 603. The van der Waals surface area contributed by atoms with E-state index in [2.05, 4.69) is 10.1 Å². The van der Waals surface area contributed by atoms with Gasteiger partial charge in [-0.15, -0.1) is 0 Å². The predicted molar refractivity (Wildman–Crippen MR) is 66.5 cm³/mol. The highest BCUT2D eigenvalue weighted by atomic mass is 19.1. The number of hydrogen-bond donors (Lipinski definition) is 0. The monoisotopic (exact) mass is 281 g/mol. The lowest BCUT2D eigenvalue weighted by molar-refractivity contribution is 0.112. The second-order valence-electron chi connectivity index (χ2n) is 4.43. The molecule has 0 bridgehead atoms. The van der Waals surface area contributed by atoms with Crippen LogP contribution in [0.4, 0.5) is 8.78 Å². The molecule has 106 valence electrons. The Kier molecular flexibility index (Phi) is 4.07. The molecule has 0 unspecified atom stereocenters. The van der Waals surface area contributed by atoms with Crippen LogP contribution < -0.4 is 4.74 Å². The summed E-state index contributed by atoms with van der Waals surface area (Å²) in [5.74, 6) is -1.93. The van der Waals surface area contributed by atoms with Crippen LogP contribution in [0.15, 0.2) is 18.5 Å². The van der Waals surface area contributed by atoms with Crippen LogP contribution in [-0.4, -0.2) is 21.1 Å². The quantitative estimate of drug-likeness (QED) is 0.790. The molecule has 0 radical (unpaired) electrons. The first kappa shape index (κ1) is 14.1. The van der Waals surface area contributed by atoms with Crippen LogP contribution in [0.5, 0.6) is 5.75 Å². The molecule has 0 aliphatic carbocycles. The van der Waals surface area contributed by atoms with Crippen molar-refractivity contribution in [3.63, 3.8) is 0 Å². The van der Waals surface area contributed by atoms with Crippen LogP contribution in [0, 0.1) is 11.6 Å². The van der Waals surface area contributed by atoms with E-state index in [1.54, 1.807) is 4.68 Å². The highest BCUT2D eigenvalue weighted by molar-refractivity contribution is 5.75. The molecule has 0 atom stereocenters. The molecule has 0 aliphatic rings. The van der Waals surface area contributed by atoms with E-state index >= 15 is 0 Å². The highest BCUT2D eigenvalue weighted by Crippen LogP contribution is 2.23. The Morgan fingerprint density at radius 1 is 1.35 bits per heavy atom. The van der Waals surface area contributed by atoms with Gasteiger partial charge in [0.05, 0.1) is 0 Å². The Morgan fingerprint density at radius 2 is 2.00 bits per heavy atom. The number of nitrogens with zero attached hydrogens (tertiary/aromatic N) is 3. The first-order valence-electron chi connectivity index (χ1n) is 5.98. The smallest absolute Gasteiger partial charge is 0.191 e. The third-order valence-electron chi connectivity index (χ3n) is 2.64. The topological polar surface area (TPSA) is 57.0 Å². The molecule has 0 N–H and O–H groups in total. The third-order valence-corrected chi connectivity index (χ3v) is 2.64. The minimum atomic E-state index is -0.928. The van der Waals surface area contributed by atoms with Gasteiger partial charge >= 0.3 is 0 Å². The van der Waals surface area contributed by atoms with Crippen LogP contribution in [-0.2, 0) is 6.61 Å². The summed E-state index contributed by atoms with van der Waals surface area (Å²) in [4.78, 5) is 14.5. The molecule has 1 heterocycles. The molecule has 0 spiro atoms. The minimum absolute atomic E-state index is 0.0585. The fourth-order valence-electron chi connectivity index (χ4n) is 1.73. The van der Waals surface area contributed by atoms with Crippen LogP contribution in [0.2, 0.25) is 0 Å². The Hall–Kier alpha value is -2.31. The fraction of sp³-hybridized carbons (Fsp3) is 0.308. The first-order valence-corrected chi connectivity index (χ1v) is 5.98. The van der Waals surface area contributed by atoms with Crippen LogP contribution >= 0.6 is 0 Å². The van der Waals surface area contributed by atoms with E-state index in [4.69, 9.17) is 4.74 Å². The summed E-state index contributed by atoms with van der Waals surface area (Å²) in [6.45, 7) is 3.68. The third kappa shape index (κ3) is 2.81. The van der Waals surface area contributed by atoms with Gasteiger partial charge in [0.1, 0.15) is 19.2 Å². The minimum Gasteiger partial charge on any atom is -0.479 e. The number of aromatic nitrogens is 3. The normalized spacial score (nSPS) is 10.8. The molecule has 20 heavy (non-hydrogen) atoms. The lowest BCUT2D eigenvalue weighted by atomic mass is 10.2. The molecule has 2 rings (SSSR count). The van der Waals surface area contributed by atoms with Crippen LogP contribution in [0.25, 0.3) is 0 Å². The molecule has 7 heteroatoms. The summed E-state index contributed by atoms with van der Waals surface area (Å²) in [5, 5.41) is 3.99. The highest BCUT2D eigenvalue weighted by Gasteiger charge is 2.15. The fourth-order valence-corrected chi connectivity index (χ4v) is 1.73. The number of rotatable bonds is 5. The molecule has 2 aromatic rings. The van der Waals surface area contributed by atoms with Gasteiger partial charge in [0.15, 0.2) is 23.2 Å². The molecule has 0 aliphatic heterocycles. The molecule has 1 aromatic carbocycles. The van der Waals surface area contributed by atoms with Crippen molar-refractivity contribution in [3.8, 4) is 5.75 Å². The van der Waals surface area contributed by atoms with Gasteiger partial charge in [-0.1, -0.05) is 0 Å². The zero-order chi connectivity index (χ0) is 14.7. The zero-order valence-electron chi connectivity index (χ0n) is 11.0. The molecule has 0 saturated heterocycles. The average molecular weight is 281 g/mol. The summed E-state index contributed by atoms with van der Waals surface area (Å²) >= 11 is 0. The van der Waals surface area contributed by atoms with E-state index in [9.17, 15) is 13.6 Å². The number of ether oxygens (including phenoxy) is 1. The molecule has 0 saturated carbocycles. The predicted octanol–water partition coefficient (Wildman–Crippen LogP) is 2.53. The lowest BCUT2D eigenvalue weighted by Gasteiger charge is -2.11. The maximum absolute atomic E-state index is 13.6. The largest absolute Gasteiger partial charge is 0.479 e. The van der Waals surface area contributed by atoms with Crippen molar-refractivity contribution in [2.45, 2.75) is 26.5 Å². The van der Waals surface area contributed by atoms with Gasteiger partial charge in [0, 0.05) is 11.6 Å². The van der Waals surface area contributed by atoms with Gasteiger partial charge in [-0.25, -0.2) is 18.4 Å². The number of carbonyl (C=O) groups is 1. The molecule has 5 nitrogen and oxygen atoms in total. The van der Waals surface area contributed by atoms with E-state index in [0.717, 1.165) is 12.1 Å². The van der Waals surface area contributed by atoms with Crippen molar-refractivity contribution in [1.29, 1.82) is 0 Å². The maximum atomic E-state index is 13.6. The van der Waals surface area contributed by atoms with Gasteiger partial charge in [-0.2, -0.15) is 5.10 Å². The molecule has 1 aromatic heterocycles. The van der Waals surface area contributed by atoms with Crippen molar-refractivity contribution in [2.75, 3.05) is 0 Å². The van der Waals surface area contributed by atoms with E-state index in [1.807, 2.05) is 13.8 Å². The van der Waals surface area contributed by atoms with E-state index in [0.29, 0.717) is 12.1 Å².